The second-order valence-corrected chi connectivity index (χ2v) is 8.72. The topological polar surface area (TPSA) is 149 Å². The molecule has 6 amide bonds. The number of thiocarbonyl (C=S) groups is 1. The zero-order chi connectivity index (χ0) is 27.2. The van der Waals surface area contributed by atoms with Gasteiger partial charge in [0.05, 0.1) is 22.6 Å². The molecule has 1 saturated heterocycles. The molecule has 0 spiro atoms. The van der Waals surface area contributed by atoms with Gasteiger partial charge >= 0.3 is 6.03 Å². The maximum absolute atomic E-state index is 11.6. The van der Waals surface area contributed by atoms with Crippen LogP contribution in [0.15, 0.2) is 43.4 Å². The van der Waals surface area contributed by atoms with Crippen molar-refractivity contribution in [3.8, 4) is 0 Å². The first-order valence-corrected chi connectivity index (χ1v) is 10.9. The van der Waals surface area contributed by atoms with Crippen molar-refractivity contribution >= 4 is 58.4 Å². The van der Waals surface area contributed by atoms with Crippen molar-refractivity contribution in [2.75, 3.05) is 7.05 Å². The number of aliphatic imine (C=N–C) groups is 2. The van der Waals surface area contributed by atoms with Crippen LogP contribution < -0.4 is 16.2 Å². The number of hydrogen-bond donors (Lipinski definition) is 3. The lowest BCUT2D eigenvalue weighted by molar-refractivity contribution is -0.123. The van der Waals surface area contributed by atoms with Crippen LogP contribution in [0.5, 0.6) is 0 Å². The molecule has 0 aromatic heterocycles. The van der Waals surface area contributed by atoms with Gasteiger partial charge in [0.2, 0.25) is 0 Å². The lowest BCUT2D eigenvalue weighted by Crippen LogP contribution is -2.38. The Morgan fingerprint density at radius 2 is 1.11 bits per heavy atom. The van der Waals surface area contributed by atoms with Crippen molar-refractivity contribution in [2.45, 2.75) is 55.4 Å². The number of nitrogens with one attached hydrogen (secondary N) is 3. The number of rotatable bonds is 0. The third-order valence-corrected chi connectivity index (χ3v) is 4.95. The van der Waals surface area contributed by atoms with E-state index in [1.807, 2.05) is 27.7 Å². The first-order chi connectivity index (χ1) is 16.1. The maximum atomic E-state index is 11.6. The molecular formula is C23H30N6O5S. The molecule has 0 aliphatic carbocycles. The molecule has 0 bridgehead atoms. The highest BCUT2D eigenvalue weighted by Crippen LogP contribution is 2.15. The van der Waals surface area contributed by atoms with Gasteiger partial charge in [-0.1, -0.05) is 16.7 Å². The molecular weight excluding hydrogens is 472 g/mol. The molecule has 11 nitrogen and oxygen atoms in total. The molecule has 3 rings (SSSR count). The fraction of sp³-hybridized carbons (Fsp3) is 0.391. The van der Waals surface area contributed by atoms with E-state index < -0.39 is 6.03 Å². The van der Waals surface area contributed by atoms with Crippen molar-refractivity contribution in [3.05, 3.63) is 33.4 Å². The summed E-state index contributed by atoms with van der Waals surface area (Å²) in [4.78, 5) is 64.3. The molecule has 3 heterocycles. The highest BCUT2D eigenvalue weighted by atomic mass is 32.1. The molecule has 0 atom stereocenters. The zero-order valence-electron chi connectivity index (χ0n) is 21.3. The van der Waals surface area contributed by atoms with Crippen molar-refractivity contribution in [3.63, 3.8) is 0 Å². The summed E-state index contributed by atoms with van der Waals surface area (Å²) < 4.78 is 0. The number of nitrogens with zero attached hydrogens (tertiary/aromatic N) is 3. The van der Waals surface area contributed by atoms with Gasteiger partial charge in [-0.3, -0.25) is 40.2 Å². The van der Waals surface area contributed by atoms with Crippen LogP contribution in [0, 0.1) is 0 Å². The Morgan fingerprint density at radius 3 is 1.49 bits per heavy atom. The Bertz CT molecular complexity index is 1140. The Hall–Kier alpha value is -3.80. The van der Waals surface area contributed by atoms with Gasteiger partial charge in [-0.05, 0) is 67.6 Å². The van der Waals surface area contributed by atoms with Gasteiger partial charge in [0, 0.05) is 7.05 Å². The monoisotopic (exact) mass is 502 g/mol. The van der Waals surface area contributed by atoms with Crippen LogP contribution in [0.1, 0.15) is 55.4 Å². The summed E-state index contributed by atoms with van der Waals surface area (Å²) in [5, 5.41) is 2.74. The number of imide groups is 1. The van der Waals surface area contributed by atoms with E-state index in [1.54, 1.807) is 27.7 Å². The van der Waals surface area contributed by atoms with E-state index in [1.165, 1.54) is 7.05 Å². The fourth-order valence-electron chi connectivity index (χ4n) is 3.20. The highest BCUT2D eigenvalue weighted by Gasteiger charge is 2.28. The maximum Gasteiger partial charge on any atom is 0.350 e. The Labute approximate surface area is 209 Å². The molecule has 0 unspecified atom stereocenters. The SMILES string of the molecule is CC(C)=C1C(=O)NNC1=O.CC1=NC(=O)N(C)C(=O)C1=C(C)C.CC1=NC(=S)NC(=O)C1=C(C)C. The van der Waals surface area contributed by atoms with E-state index in [0.29, 0.717) is 22.6 Å². The summed E-state index contributed by atoms with van der Waals surface area (Å²) in [5.74, 6) is -1.10. The smallest absolute Gasteiger partial charge is 0.297 e. The summed E-state index contributed by atoms with van der Waals surface area (Å²) in [6, 6.07) is -0.493. The first kappa shape index (κ1) is 29.2. The van der Waals surface area contributed by atoms with E-state index >= 15 is 0 Å². The molecule has 3 aliphatic heterocycles. The van der Waals surface area contributed by atoms with E-state index in [9.17, 15) is 24.0 Å². The van der Waals surface area contributed by atoms with Crippen molar-refractivity contribution in [2.24, 2.45) is 9.98 Å². The lowest BCUT2D eigenvalue weighted by Gasteiger charge is -2.21. The zero-order valence-corrected chi connectivity index (χ0v) is 22.1. The molecule has 12 heteroatoms. The minimum Gasteiger partial charge on any atom is -0.297 e. The van der Waals surface area contributed by atoms with Gasteiger partial charge in [0.25, 0.3) is 23.6 Å². The fourth-order valence-corrected chi connectivity index (χ4v) is 3.43. The van der Waals surface area contributed by atoms with Crippen molar-refractivity contribution in [1.29, 1.82) is 0 Å². The summed E-state index contributed by atoms with van der Waals surface area (Å²) in [7, 11) is 1.43. The average Bonchev–Trinajstić information content (AvgIpc) is 3.04. The van der Waals surface area contributed by atoms with Crippen LogP contribution in [0.2, 0.25) is 0 Å². The Balaban J connectivity index is 0.000000265. The predicted molar refractivity (Wildman–Crippen MR) is 137 cm³/mol. The summed E-state index contributed by atoms with van der Waals surface area (Å²) >= 11 is 4.76. The summed E-state index contributed by atoms with van der Waals surface area (Å²) in [6.07, 6.45) is 0. The second kappa shape index (κ2) is 12.1. The molecule has 1 fully saturated rings. The van der Waals surface area contributed by atoms with Gasteiger partial charge in [-0.25, -0.2) is 9.79 Å². The number of amides is 6. The van der Waals surface area contributed by atoms with Crippen molar-refractivity contribution < 1.29 is 24.0 Å². The molecule has 0 saturated carbocycles. The number of hydrazine groups is 1. The first-order valence-electron chi connectivity index (χ1n) is 10.5. The number of carbonyl (C=O) groups is 5. The number of likely N-dealkylation sites (N-methyl/N-ethyl adjacent to an activating group) is 1. The molecule has 0 aromatic carbocycles. The minimum absolute atomic E-state index is 0.146. The predicted octanol–water partition coefficient (Wildman–Crippen LogP) is 2.06. The van der Waals surface area contributed by atoms with Gasteiger partial charge in [0.15, 0.2) is 5.11 Å². The second-order valence-electron chi connectivity index (χ2n) is 8.33. The van der Waals surface area contributed by atoms with Crippen LogP contribution in [0.3, 0.4) is 0 Å². The van der Waals surface area contributed by atoms with Crippen LogP contribution in [0.4, 0.5) is 4.79 Å². The largest absolute Gasteiger partial charge is 0.350 e. The summed E-state index contributed by atoms with van der Waals surface area (Å²) in [5.41, 5.74) is 9.59. The van der Waals surface area contributed by atoms with Crippen LogP contribution in [-0.2, 0) is 19.2 Å². The van der Waals surface area contributed by atoms with E-state index in [2.05, 4.69) is 26.2 Å². The number of hydrogen-bond acceptors (Lipinski definition) is 6. The van der Waals surface area contributed by atoms with Gasteiger partial charge in [-0.2, -0.15) is 4.99 Å². The van der Waals surface area contributed by atoms with Crippen molar-refractivity contribution in [1.82, 2.24) is 21.1 Å². The van der Waals surface area contributed by atoms with Gasteiger partial charge in [-0.15, -0.1) is 0 Å². The molecule has 3 aliphatic rings. The Kier molecular flexibility index (Phi) is 10.1. The van der Waals surface area contributed by atoms with Crippen LogP contribution in [0.25, 0.3) is 0 Å². The van der Waals surface area contributed by atoms with E-state index in [-0.39, 0.29) is 34.3 Å². The summed E-state index contributed by atoms with van der Waals surface area (Å²) in [6.45, 7) is 14.3. The number of allylic oxidation sites excluding steroid dienone is 3. The molecule has 35 heavy (non-hydrogen) atoms. The highest BCUT2D eigenvalue weighted by molar-refractivity contribution is 7.80. The van der Waals surface area contributed by atoms with E-state index in [4.69, 9.17) is 12.2 Å². The Morgan fingerprint density at radius 1 is 0.686 bits per heavy atom. The van der Waals surface area contributed by atoms with Gasteiger partial charge < -0.3 is 0 Å². The normalized spacial score (nSPS) is 17.3. The molecule has 188 valence electrons. The van der Waals surface area contributed by atoms with Gasteiger partial charge in [0.1, 0.15) is 5.57 Å². The minimum atomic E-state index is -0.493. The van der Waals surface area contributed by atoms with Crippen LogP contribution in [-0.4, -0.2) is 58.1 Å². The van der Waals surface area contributed by atoms with Crippen LogP contribution >= 0.6 is 12.2 Å². The quantitative estimate of drug-likeness (QED) is 0.262. The lowest BCUT2D eigenvalue weighted by atomic mass is 10.0. The third-order valence-electron chi connectivity index (χ3n) is 4.75. The third kappa shape index (κ3) is 7.34. The average molecular weight is 503 g/mol. The van der Waals surface area contributed by atoms with E-state index in [0.717, 1.165) is 21.6 Å². The molecule has 0 aromatic rings. The number of carbonyl (C=O) groups excluding carboxylic acids is 5. The standard InChI is InChI=1S/C9H12N2O2.C8H10N2OS.C6H8N2O2/c1-5(2)7-6(3)10-9(13)11(4)8(7)12;1-4(2)6-5(3)9-8(12)10-7(6)11;1-3(2)4-5(9)7-8-6(4)10/h1-4H3;1-3H3,(H,10,11,12);1-2H3,(H,7,9)(H,8,10). The molecule has 3 N–H and O–H groups in total. The molecule has 0 radical (unpaired) electrons. The number of urea groups is 1.